The molecule has 0 fully saturated rings. The summed E-state index contributed by atoms with van der Waals surface area (Å²) in [5, 5.41) is 12.7. The fourth-order valence-corrected chi connectivity index (χ4v) is 1.58. The zero-order valence-corrected chi connectivity index (χ0v) is 8.49. The van der Waals surface area contributed by atoms with Crippen LogP contribution in [0.15, 0.2) is 17.0 Å². The van der Waals surface area contributed by atoms with E-state index in [0.29, 0.717) is 19.3 Å². The molecule has 14 heavy (non-hydrogen) atoms. The Morgan fingerprint density at radius 1 is 1.57 bits per heavy atom. The molecule has 0 saturated carbocycles. The molecule has 0 amide bonds. The monoisotopic (exact) mass is 197 g/mol. The molecule has 1 aromatic rings. The fourth-order valence-electron chi connectivity index (χ4n) is 1.58. The van der Waals surface area contributed by atoms with Crippen LogP contribution in [0.2, 0.25) is 0 Å². The second-order valence-electron chi connectivity index (χ2n) is 3.50. The molecule has 0 aromatic carbocycles. The zero-order chi connectivity index (χ0) is 10.6. The van der Waals surface area contributed by atoms with Crippen molar-refractivity contribution in [3.8, 4) is 0 Å². The lowest BCUT2D eigenvalue weighted by atomic mass is 9.78. The summed E-state index contributed by atoms with van der Waals surface area (Å²) in [4.78, 5) is 11.2. The first-order valence-electron chi connectivity index (χ1n) is 4.76. The molecule has 0 bridgehead atoms. The van der Waals surface area contributed by atoms with E-state index in [9.17, 15) is 9.90 Å². The van der Waals surface area contributed by atoms with Crippen LogP contribution < -0.4 is 0 Å². The van der Waals surface area contributed by atoms with Crippen molar-refractivity contribution in [2.75, 3.05) is 0 Å². The molecular formula is C10H15NO3. The Labute approximate surface area is 82.9 Å². The van der Waals surface area contributed by atoms with Crippen molar-refractivity contribution < 1.29 is 14.4 Å². The molecule has 4 heteroatoms. The van der Waals surface area contributed by atoms with Crippen molar-refractivity contribution in [3.63, 3.8) is 0 Å². The maximum atomic E-state index is 11.2. The number of hydrogen-bond acceptors (Lipinski definition) is 3. The minimum absolute atomic E-state index is 0.485. The predicted molar refractivity (Wildman–Crippen MR) is 50.9 cm³/mol. The number of carboxylic acid groups (broad SMARTS) is 1. The van der Waals surface area contributed by atoms with Crippen LogP contribution >= 0.6 is 0 Å². The van der Waals surface area contributed by atoms with E-state index in [1.165, 1.54) is 6.26 Å². The topological polar surface area (TPSA) is 63.3 Å². The number of carbonyl (C=O) groups is 1. The zero-order valence-electron chi connectivity index (χ0n) is 8.49. The van der Waals surface area contributed by atoms with E-state index in [2.05, 4.69) is 9.68 Å². The number of hydrogen-bond donors (Lipinski definition) is 1. The number of rotatable bonds is 5. The van der Waals surface area contributed by atoms with E-state index in [0.717, 1.165) is 5.56 Å². The number of aliphatic carboxylic acids is 1. The summed E-state index contributed by atoms with van der Waals surface area (Å²) >= 11 is 0. The molecule has 1 N–H and O–H groups in total. The van der Waals surface area contributed by atoms with E-state index in [4.69, 9.17) is 0 Å². The molecule has 0 saturated heterocycles. The second kappa shape index (κ2) is 4.26. The molecule has 0 spiro atoms. The highest BCUT2D eigenvalue weighted by Crippen LogP contribution is 2.31. The van der Waals surface area contributed by atoms with E-state index < -0.39 is 11.4 Å². The molecule has 0 atom stereocenters. The molecule has 1 heterocycles. The van der Waals surface area contributed by atoms with Gasteiger partial charge in [-0.2, -0.15) is 0 Å². The smallest absolute Gasteiger partial charge is 0.309 e. The molecule has 0 unspecified atom stereocenters. The van der Waals surface area contributed by atoms with Gasteiger partial charge < -0.3 is 9.63 Å². The van der Waals surface area contributed by atoms with Gasteiger partial charge in [0.15, 0.2) is 0 Å². The van der Waals surface area contributed by atoms with Gasteiger partial charge in [-0.15, -0.1) is 0 Å². The van der Waals surface area contributed by atoms with Gasteiger partial charge in [0.1, 0.15) is 6.26 Å². The summed E-state index contributed by atoms with van der Waals surface area (Å²) < 4.78 is 4.69. The Balaban J connectivity index is 2.83. The van der Waals surface area contributed by atoms with Gasteiger partial charge in [0, 0.05) is 5.56 Å². The highest BCUT2D eigenvalue weighted by molar-refractivity contribution is 5.74. The van der Waals surface area contributed by atoms with Gasteiger partial charge in [0.2, 0.25) is 0 Å². The van der Waals surface area contributed by atoms with Gasteiger partial charge in [0.25, 0.3) is 0 Å². The first-order chi connectivity index (χ1) is 6.64. The number of aromatic nitrogens is 1. The van der Waals surface area contributed by atoms with Crippen molar-refractivity contribution >= 4 is 5.97 Å². The van der Waals surface area contributed by atoms with Crippen LogP contribution in [-0.4, -0.2) is 16.2 Å². The largest absolute Gasteiger partial charge is 0.481 e. The van der Waals surface area contributed by atoms with Gasteiger partial charge >= 0.3 is 5.97 Å². The molecule has 1 rings (SSSR count). The lowest BCUT2D eigenvalue weighted by Crippen LogP contribution is -2.31. The SMILES string of the molecule is CCC(CC)(Cc1cnoc1)C(=O)O. The van der Waals surface area contributed by atoms with Crippen molar-refractivity contribution in [1.82, 2.24) is 5.16 Å². The highest BCUT2D eigenvalue weighted by Gasteiger charge is 2.35. The van der Waals surface area contributed by atoms with Crippen LogP contribution in [0, 0.1) is 5.41 Å². The maximum Gasteiger partial charge on any atom is 0.309 e. The quantitative estimate of drug-likeness (QED) is 0.785. The lowest BCUT2D eigenvalue weighted by molar-refractivity contribution is -0.149. The van der Waals surface area contributed by atoms with Crippen LogP contribution in [-0.2, 0) is 11.2 Å². The molecule has 0 radical (unpaired) electrons. The summed E-state index contributed by atoms with van der Waals surface area (Å²) in [6, 6.07) is 0. The third-order valence-corrected chi connectivity index (χ3v) is 2.83. The van der Waals surface area contributed by atoms with E-state index >= 15 is 0 Å². The summed E-state index contributed by atoms with van der Waals surface area (Å²) in [5.74, 6) is -0.747. The van der Waals surface area contributed by atoms with Crippen LogP contribution in [0.3, 0.4) is 0 Å². The van der Waals surface area contributed by atoms with E-state index in [-0.39, 0.29) is 0 Å². The van der Waals surface area contributed by atoms with Gasteiger partial charge in [-0.1, -0.05) is 19.0 Å². The van der Waals surface area contributed by atoms with Gasteiger partial charge in [0.05, 0.1) is 11.6 Å². The minimum atomic E-state index is -0.747. The second-order valence-corrected chi connectivity index (χ2v) is 3.50. The van der Waals surface area contributed by atoms with Crippen LogP contribution in [0.5, 0.6) is 0 Å². The molecule has 0 aliphatic carbocycles. The Morgan fingerprint density at radius 3 is 2.57 bits per heavy atom. The van der Waals surface area contributed by atoms with Gasteiger partial charge in [-0.05, 0) is 19.3 Å². The van der Waals surface area contributed by atoms with Gasteiger partial charge in [-0.25, -0.2) is 0 Å². The normalized spacial score (nSPS) is 11.6. The molecular weight excluding hydrogens is 182 g/mol. The first-order valence-corrected chi connectivity index (χ1v) is 4.76. The highest BCUT2D eigenvalue weighted by atomic mass is 16.5. The third-order valence-electron chi connectivity index (χ3n) is 2.83. The van der Waals surface area contributed by atoms with Crippen LogP contribution in [0.4, 0.5) is 0 Å². The van der Waals surface area contributed by atoms with Crippen molar-refractivity contribution in [2.45, 2.75) is 33.1 Å². The summed E-state index contributed by atoms with van der Waals surface area (Å²) in [7, 11) is 0. The average molecular weight is 197 g/mol. The fraction of sp³-hybridized carbons (Fsp3) is 0.600. The molecule has 1 aromatic heterocycles. The van der Waals surface area contributed by atoms with E-state index in [1.807, 2.05) is 13.8 Å². The van der Waals surface area contributed by atoms with Crippen molar-refractivity contribution in [1.29, 1.82) is 0 Å². The summed E-state index contributed by atoms with van der Waals surface area (Å²) in [6.45, 7) is 3.79. The van der Waals surface area contributed by atoms with Crippen LogP contribution in [0.25, 0.3) is 0 Å². The van der Waals surface area contributed by atoms with E-state index in [1.54, 1.807) is 6.20 Å². The Morgan fingerprint density at radius 2 is 2.21 bits per heavy atom. The molecule has 78 valence electrons. The molecule has 0 aliphatic heterocycles. The molecule has 0 aliphatic rings. The summed E-state index contributed by atoms with van der Waals surface area (Å²) in [5.41, 5.74) is 0.169. The third kappa shape index (κ3) is 1.95. The maximum absolute atomic E-state index is 11.2. The number of carboxylic acids is 1. The lowest BCUT2D eigenvalue weighted by Gasteiger charge is -2.25. The van der Waals surface area contributed by atoms with Gasteiger partial charge in [-0.3, -0.25) is 4.79 Å². The predicted octanol–water partition coefficient (Wildman–Crippen LogP) is 2.11. The Bertz CT molecular complexity index is 288. The van der Waals surface area contributed by atoms with Crippen molar-refractivity contribution in [2.24, 2.45) is 5.41 Å². The molecule has 4 nitrogen and oxygen atoms in total. The average Bonchev–Trinajstić information content (AvgIpc) is 2.66. The first kappa shape index (κ1) is 10.8. The number of nitrogens with zero attached hydrogens (tertiary/aromatic N) is 1. The van der Waals surface area contributed by atoms with Crippen LogP contribution in [0.1, 0.15) is 32.3 Å². The standard InChI is InChI=1S/C10H15NO3/c1-3-10(4-2,9(12)13)5-8-6-11-14-7-8/h6-7H,3-5H2,1-2H3,(H,12,13). The minimum Gasteiger partial charge on any atom is -0.481 e. The Hall–Kier alpha value is -1.32. The Kier molecular flexibility index (Phi) is 3.28. The van der Waals surface area contributed by atoms with Crippen molar-refractivity contribution in [3.05, 3.63) is 18.0 Å². The summed E-state index contributed by atoms with van der Waals surface area (Å²) in [6.07, 6.45) is 4.79.